The average molecular weight is 197 g/mol. The molecule has 0 saturated heterocycles. The Balaban J connectivity index is 1.98. The topological polar surface area (TPSA) is 46.2 Å². The summed E-state index contributed by atoms with van der Waals surface area (Å²) in [6, 6.07) is 0. The molecular weight excluding hydrogens is 174 g/mol. The van der Waals surface area contributed by atoms with E-state index in [-0.39, 0.29) is 12.1 Å². The second-order valence-corrected chi connectivity index (χ2v) is 5.89. The van der Waals surface area contributed by atoms with Crippen molar-refractivity contribution in [1.82, 2.24) is 0 Å². The smallest absolute Gasteiger partial charge is 0.0614 e. The molecule has 0 bridgehead atoms. The molecule has 3 N–H and O–H groups in total. The van der Waals surface area contributed by atoms with Crippen LogP contribution < -0.4 is 5.73 Å². The maximum atomic E-state index is 9.32. The van der Waals surface area contributed by atoms with Gasteiger partial charge in [-0.3, -0.25) is 0 Å². The Hall–Kier alpha value is -0.0800. The Morgan fingerprint density at radius 2 is 2.07 bits per heavy atom. The van der Waals surface area contributed by atoms with Crippen LogP contribution in [-0.4, -0.2) is 17.3 Å². The van der Waals surface area contributed by atoms with Crippen molar-refractivity contribution in [2.45, 2.75) is 51.5 Å². The van der Waals surface area contributed by atoms with Crippen molar-refractivity contribution < 1.29 is 5.11 Å². The van der Waals surface area contributed by atoms with Crippen molar-refractivity contribution in [3.8, 4) is 0 Å². The quantitative estimate of drug-likeness (QED) is 0.723. The van der Waals surface area contributed by atoms with Gasteiger partial charge in [-0.1, -0.05) is 20.3 Å². The van der Waals surface area contributed by atoms with Gasteiger partial charge in [0.2, 0.25) is 0 Å². The molecule has 2 heteroatoms. The van der Waals surface area contributed by atoms with Gasteiger partial charge in [-0.15, -0.1) is 0 Å². The van der Waals surface area contributed by atoms with Crippen molar-refractivity contribution in [1.29, 1.82) is 0 Å². The minimum Gasteiger partial charge on any atom is -0.394 e. The molecule has 0 aliphatic heterocycles. The molecule has 3 atom stereocenters. The van der Waals surface area contributed by atoms with Crippen molar-refractivity contribution in [2.75, 3.05) is 6.61 Å². The van der Waals surface area contributed by atoms with Gasteiger partial charge in [0.15, 0.2) is 0 Å². The zero-order valence-corrected chi connectivity index (χ0v) is 9.42. The zero-order valence-electron chi connectivity index (χ0n) is 9.42. The number of aliphatic hydroxyl groups excluding tert-OH is 1. The van der Waals surface area contributed by atoms with Gasteiger partial charge in [0, 0.05) is 5.54 Å². The third-order valence-corrected chi connectivity index (χ3v) is 4.58. The summed E-state index contributed by atoms with van der Waals surface area (Å²) in [6.45, 7) is 4.77. The fourth-order valence-corrected chi connectivity index (χ4v) is 3.02. The molecule has 2 aliphatic carbocycles. The Kier molecular flexibility index (Phi) is 2.39. The minimum atomic E-state index is -0.244. The van der Waals surface area contributed by atoms with Crippen LogP contribution in [0.2, 0.25) is 0 Å². The maximum Gasteiger partial charge on any atom is 0.0614 e. The van der Waals surface area contributed by atoms with Gasteiger partial charge < -0.3 is 10.8 Å². The van der Waals surface area contributed by atoms with Gasteiger partial charge >= 0.3 is 0 Å². The van der Waals surface area contributed by atoms with E-state index in [9.17, 15) is 5.11 Å². The van der Waals surface area contributed by atoms with Gasteiger partial charge in [0.05, 0.1) is 6.61 Å². The van der Waals surface area contributed by atoms with Gasteiger partial charge in [0.1, 0.15) is 0 Å². The highest BCUT2D eigenvalue weighted by Gasteiger charge is 2.53. The fourth-order valence-electron chi connectivity index (χ4n) is 3.02. The number of hydrogen-bond donors (Lipinski definition) is 2. The summed E-state index contributed by atoms with van der Waals surface area (Å²) in [7, 11) is 0. The third-order valence-electron chi connectivity index (χ3n) is 4.58. The Morgan fingerprint density at radius 1 is 1.43 bits per heavy atom. The lowest BCUT2D eigenvalue weighted by Gasteiger charge is -2.53. The van der Waals surface area contributed by atoms with E-state index >= 15 is 0 Å². The minimum absolute atomic E-state index is 0.171. The maximum absolute atomic E-state index is 9.32. The molecule has 0 aromatic rings. The second kappa shape index (κ2) is 3.21. The van der Waals surface area contributed by atoms with Crippen molar-refractivity contribution >= 4 is 0 Å². The van der Waals surface area contributed by atoms with Crippen LogP contribution in [0.25, 0.3) is 0 Å². The molecule has 82 valence electrons. The summed E-state index contributed by atoms with van der Waals surface area (Å²) in [6.07, 6.45) is 6.21. The summed E-state index contributed by atoms with van der Waals surface area (Å²) in [5, 5.41) is 9.32. The van der Waals surface area contributed by atoms with Crippen LogP contribution in [0.1, 0.15) is 46.0 Å². The fraction of sp³-hybridized carbons (Fsp3) is 1.00. The number of aliphatic hydroxyl groups is 1. The van der Waals surface area contributed by atoms with Crippen LogP contribution in [0, 0.1) is 17.3 Å². The molecule has 0 amide bonds. The van der Waals surface area contributed by atoms with Gasteiger partial charge in [-0.05, 0) is 42.9 Å². The molecule has 2 nitrogen and oxygen atoms in total. The van der Waals surface area contributed by atoms with E-state index in [1.54, 1.807) is 0 Å². The molecule has 2 aliphatic rings. The molecule has 0 aromatic carbocycles. The molecule has 14 heavy (non-hydrogen) atoms. The van der Waals surface area contributed by atoms with E-state index in [0.29, 0.717) is 11.3 Å². The second-order valence-electron chi connectivity index (χ2n) is 5.89. The first-order chi connectivity index (χ1) is 6.53. The van der Waals surface area contributed by atoms with E-state index < -0.39 is 0 Å². The lowest BCUT2D eigenvalue weighted by molar-refractivity contribution is -0.0247. The van der Waals surface area contributed by atoms with Crippen molar-refractivity contribution in [3.05, 3.63) is 0 Å². The van der Waals surface area contributed by atoms with Crippen LogP contribution in [0.5, 0.6) is 0 Å². The van der Waals surface area contributed by atoms with E-state index in [0.717, 1.165) is 12.3 Å². The molecule has 0 spiro atoms. The summed E-state index contributed by atoms with van der Waals surface area (Å²) in [5.74, 6) is 1.34. The van der Waals surface area contributed by atoms with Crippen LogP contribution in [-0.2, 0) is 0 Å². The van der Waals surface area contributed by atoms with E-state index in [4.69, 9.17) is 5.73 Å². The molecule has 0 radical (unpaired) electrons. The number of rotatable bonds is 4. The number of nitrogens with two attached hydrogens (primary N) is 1. The third kappa shape index (κ3) is 1.59. The molecule has 2 fully saturated rings. The van der Waals surface area contributed by atoms with E-state index in [1.165, 1.54) is 25.7 Å². The number of hydrogen-bond acceptors (Lipinski definition) is 2. The van der Waals surface area contributed by atoms with Crippen molar-refractivity contribution in [2.24, 2.45) is 23.0 Å². The largest absolute Gasteiger partial charge is 0.394 e. The SMILES string of the molecule is CC[C@@H]1CC(N)(CO)[C@H]1CC1(C)CC1. The molecule has 1 unspecified atom stereocenters. The predicted molar refractivity (Wildman–Crippen MR) is 57.9 cm³/mol. The van der Waals surface area contributed by atoms with Crippen LogP contribution in [0.4, 0.5) is 0 Å². The van der Waals surface area contributed by atoms with Crippen molar-refractivity contribution in [3.63, 3.8) is 0 Å². The first kappa shape index (κ1) is 10.4. The molecular formula is C12H23NO. The zero-order chi connectivity index (χ0) is 10.4. The van der Waals surface area contributed by atoms with E-state index in [2.05, 4.69) is 13.8 Å². The monoisotopic (exact) mass is 197 g/mol. The lowest BCUT2D eigenvalue weighted by Crippen LogP contribution is -2.63. The van der Waals surface area contributed by atoms with Gasteiger partial charge in [-0.2, -0.15) is 0 Å². The van der Waals surface area contributed by atoms with Crippen LogP contribution in [0.3, 0.4) is 0 Å². The van der Waals surface area contributed by atoms with E-state index in [1.807, 2.05) is 0 Å². The van der Waals surface area contributed by atoms with Crippen LogP contribution in [0.15, 0.2) is 0 Å². The highest BCUT2D eigenvalue weighted by Crippen LogP contribution is 2.57. The van der Waals surface area contributed by atoms with Gasteiger partial charge in [0.25, 0.3) is 0 Å². The first-order valence-corrected chi connectivity index (χ1v) is 5.93. The molecule has 2 rings (SSSR count). The molecule has 0 aromatic heterocycles. The standard InChI is InChI=1S/C12H23NO/c1-3-9-6-12(13,8-14)10(9)7-11(2)4-5-11/h9-10,14H,3-8,13H2,1-2H3/t9-,10+,12?/m1/s1. The Labute approximate surface area is 86.9 Å². The van der Waals surface area contributed by atoms with Gasteiger partial charge in [-0.25, -0.2) is 0 Å². The lowest BCUT2D eigenvalue weighted by atomic mass is 9.56. The molecule has 2 saturated carbocycles. The highest BCUT2D eigenvalue weighted by atomic mass is 16.3. The Morgan fingerprint density at radius 3 is 2.50 bits per heavy atom. The predicted octanol–water partition coefficient (Wildman–Crippen LogP) is 1.91. The summed E-state index contributed by atoms with van der Waals surface area (Å²) < 4.78 is 0. The molecule has 0 heterocycles. The van der Waals surface area contributed by atoms with Crippen LogP contribution >= 0.6 is 0 Å². The summed E-state index contributed by atoms with van der Waals surface area (Å²) in [4.78, 5) is 0. The summed E-state index contributed by atoms with van der Waals surface area (Å²) in [5.41, 5.74) is 6.52. The highest BCUT2D eigenvalue weighted by molar-refractivity contribution is 5.08. The average Bonchev–Trinajstić information content (AvgIpc) is 2.89. The summed E-state index contributed by atoms with van der Waals surface area (Å²) >= 11 is 0. The normalized spacial score (nSPS) is 44.6. The first-order valence-electron chi connectivity index (χ1n) is 5.93. The Bertz CT molecular complexity index is 224.